The molecule has 1 aromatic carbocycles. The molecule has 212 valence electrons. The van der Waals surface area contributed by atoms with E-state index in [0.717, 1.165) is 32.5 Å². The van der Waals surface area contributed by atoms with Gasteiger partial charge < -0.3 is 19.9 Å². The van der Waals surface area contributed by atoms with E-state index in [4.69, 9.17) is 4.74 Å². The molecule has 1 unspecified atom stereocenters. The number of nitrogens with zero attached hydrogens (tertiary/aromatic N) is 2. The normalized spacial score (nSPS) is 20.2. The summed E-state index contributed by atoms with van der Waals surface area (Å²) in [6, 6.07) is 10.1. The second-order valence-corrected chi connectivity index (χ2v) is 12.5. The highest BCUT2D eigenvalue weighted by atomic mass is 16.6. The number of esters is 1. The van der Waals surface area contributed by atoms with Gasteiger partial charge in [0.15, 0.2) is 0 Å². The number of likely N-dealkylation sites (tertiary alicyclic amines) is 1. The first kappa shape index (κ1) is 30.1. The van der Waals surface area contributed by atoms with Crippen molar-refractivity contribution in [1.29, 1.82) is 0 Å². The first-order valence-corrected chi connectivity index (χ1v) is 14.6. The molecule has 0 aromatic heterocycles. The fourth-order valence-electron chi connectivity index (χ4n) is 5.73. The van der Waals surface area contributed by atoms with Gasteiger partial charge in [0.1, 0.15) is 17.2 Å². The number of hydrogen-bond acceptors (Lipinski definition) is 5. The molecule has 1 atom stereocenters. The van der Waals surface area contributed by atoms with Crippen LogP contribution in [0.15, 0.2) is 30.3 Å². The van der Waals surface area contributed by atoms with Gasteiger partial charge in [0, 0.05) is 19.6 Å². The maximum atomic E-state index is 13.6. The third kappa shape index (κ3) is 8.55. The van der Waals surface area contributed by atoms with E-state index in [0.29, 0.717) is 19.3 Å². The molecule has 38 heavy (non-hydrogen) atoms. The van der Waals surface area contributed by atoms with E-state index in [2.05, 4.69) is 54.4 Å². The Morgan fingerprint density at radius 3 is 2.32 bits per heavy atom. The molecule has 1 aromatic rings. The minimum atomic E-state index is -0.876. The summed E-state index contributed by atoms with van der Waals surface area (Å²) in [6.45, 7) is 12.4. The zero-order chi connectivity index (χ0) is 27.8. The lowest BCUT2D eigenvalue weighted by Crippen LogP contribution is -2.73. The first-order chi connectivity index (χ1) is 18.0. The van der Waals surface area contributed by atoms with Gasteiger partial charge in [0.25, 0.3) is 0 Å². The Hall–Kier alpha value is -2.41. The monoisotopic (exact) mass is 527 g/mol. The average Bonchev–Trinajstić information content (AvgIpc) is 2.85. The molecule has 2 amide bonds. The molecule has 2 aliphatic heterocycles. The van der Waals surface area contributed by atoms with Crippen molar-refractivity contribution >= 4 is 17.8 Å². The Morgan fingerprint density at radius 2 is 1.68 bits per heavy atom. The summed E-state index contributed by atoms with van der Waals surface area (Å²) in [5.41, 5.74) is -0.0508. The van der Waals surface area contributed by atoms with Crippen molar-refractivity contribution < 1.29 is 19.1 Å². The van der Waals surface area contributed by atoms with Crippen molar-refractivity contribution in [3.8, 4) is 0 Å². The van der Waals surface area contributed by atoms with E-state index in [9.17, 15) is 14.4 Å². The summed E-state index contributed by atoms with van der Waals surface area (Å²) in [6.07, 6.45) is 7.80. The van der Waals surface area contributed by atoms with Gasteiger partial charge in [0.2, 0.25) is 11.8 Å². The van der Waals surface area contributed by atoms with Crippen molar-refractivity contribution in [2.24, 2.45) is 5.92 Å². The van der Waals surface area contributed by atoms with E-state index >= 15 is 0 Å². The number of unbranched alkanes of at least 4 members (excludes halogenated alkanes) is 3. The SMILES string of the molecule is CC(C)CC1NC(=O)C2(CCN(CCCCCCc3ccccc3)CC2)N(CCC(=O)OC(C)(C)C)C1=O. The first-order valence-electron chi connectivity index (χ1n) is 14.6. The molecule has 3 rings (SSSR count). The lowest BCUT2D eigenvalue weighted by molar-refractivity contribution is -0.165. The van der Waals surface area contributed by atoms with Crippen LogP contribution in [0.3, 0.4) is 0 Å². The van der Waals surface area contributed by atoms with Crippen LogP contribution in [-0.2, 0) is 25.5 Å². The molecule has 1 spiro atoms. The van der Waals surface area contributed by atoms with Gasteiger partial charge >= 0.3 is 5.97 Å². The molecule has 0 aliphatic carbocycles. The van der Waals surface area contributed by atoms with Crippen LogP contribution in [0.1, 0.15) is 91.5 Å². The van der Waals surface area contributed by atoms with Crippen LogP contribution in [0.25, 0.3) is 0 Å². The highest BCUT2D eigenvalue weighted by Crippen LogP contribution is 2.34. The largest absolute Gasteiger partial charge is 0.460 e. The minimum Gasteiger partial charge on any atom is -0.460 e. The number of carbonyl (C=O) groups is 3. The standard InChI is InChI=1S/C31H49N3O4/c1-24(2)23-26-28(36)34(20-16-27(35)38-30(3,4)5)31(29(37)32-26)17-21-33(22-18-31)19-12-7-6-9-13-25-14-10-8-11-15-25/h8,10-11,14-15,24,26H,6-7,9,12-13,16-23H2,1-5H3,(H,32,37). The Balaban J connectivity index is 1.53. The van der Waals surface area contributed by atoms with Gasteiger partial charge in [-0.1, -0.05) is 57.0 Å². The Labute approximate surface area is 229 Å². The molecule has 2 saturated heterocycles. The van der Waals surface area contributed by atoms with Crippen LogP contribution in [0.5, 0.6) is 0 Å². The summed E-state index contributed by atoms with van der Waals surface area (Å²) in [5, 5.41) is 3.04. The number of piperazine rings is 1. The van der Waals surface area contributed by atoms with Crippen LogP contribution in [-0.4, -0.2) is 70.9 Å². The second-order valence-electron chi connectivity index (χ2n) is 12.5. The van der Waals surface area contributed by atoms with Crippen LogP contribution in [0, 0.1) is 5.92 Å². The molecule has 0 bridgehead atoms. The number of ether oxygens (including phenoxy) is 1. The van der Waals surface area contributed by atoms with Crippen molar-refractivity contribution in [2.75, 3.05) is 26.2 Å². The maximum absolute atomic E-state index is 13.6. The van der Waals surface area contributed by atoms with Crippen LogP contribution < -0.4 is 5.32 Å². The van der Waals surface area contributed by atoms with Crippen LogP contribution in [0.2, 0.25) is 0 Å². The van der Waals surface area contributed by atoms with Crippen molar-refractivity contribution in [3.63, 3.8) is 0 Å². The average molecular weight is 528 g/mol. The number of amides is 2. The summed E-state index contributed by atoms with van der Waals surface area (Å²) in [4.78, 5) is 43.7. The van der Waals surface area contributed by atoms with Gasteiger partial charge in [-0.15, -0.1) is 0 Å². The van der Waals surface area contributed by atoms with Gasteiger partial charge in [-0.05, 0) is 77.3 Å². The molecule has 7 nitrogen and oxygen atoms in total. The zero-order valence-electron chi connectivity index (χ0n) is 24.3. The van der Waals surface area contributed by atoms with Gasteiger partial charge in [-0.3, -0.25) is 14.4 Å². The predicted molar refractivity (Wildman–Crippen MR) is 151 cm³/mol. The van der Waals surface area contributed by atoms with Crippen molar-refractivity contribution in [3.05, 3.63) is 35.9 Å². The summed E-state index contributed by atoms with van der Waals surface area (Å²) >= 11 is 0. The molecular weight excluding hydrogens is 478 g/mol. The fraction of sp³-hybridized carbons (Fsp3) is 0.710. The number of rotatable bonds is 12. The number of aryl methyl sites for hydroxylation is 1. The third-order valence-electron chi connectivity index (χ3n) is 7.69. The minimum absolute atomic E-state index is 0.0614. The van der Waals surface area contributed by atoms with E-state index in [1.807, 2.05) is 20.8 Å². The molecule has 2 heterocycles. The lowest BCUT2D eigenvalue weighted by Gasteiger charge is -2.51. The summed E-state index contributed by atoms with van der Waals surface area (Å²) < 4.78 is 5.49. The topological polar surface area (TPSA) is 79.0 Å². The quantitative estimate of drug-likeness (QED) is 0.314. The highest BCUT2D eigenvalue weighted by molar-refractivity contribution is 6.00. The molecule has 0 radical (unpaired) electrons. The number of nitrogens with one attached hydrogen (secondary N) is 1. The zero-order valence-corrected chi connectivity index (χ0v) is 24.3. The van der Waals surface area contributed by atoms with Crippen molar-refractivity contribution in [2.45, 2.75) is 110 Å². The van der Waals surface area contributed by atoms with Crippen LogP contribution >= 0.6 is 0 Å². The fourth-order valence-corrected chi connectivity index (χ4v) is 5.73. The van der Waals surface area contributed by atoms with Crippen LogP contribution in [0.4, 0.5) is 0 Å². The number of benzene rings is 1. The molecule has 7 heteroatoms. The highest BCUT2D eigenvalue weighted by Gasteiger charge is 2.53. The predicted octanol–water partition coefficient (Wildman–Crippen LogP) is 4.73. The second kappa shape index (κ2) is 13.6. The number of piperidine rings is 1. The Bertz CT molecular complexity index is 917. The lowest BCUT2D eigenvalue weighted by atomic mass is 9.80. The molecule has 2 fully saturated rings. The Morgan fingerprint density at radius 1 is 1.03 bits per heavy atom. The molecule has 0 saturated carbocycles. The van der Waals surface area contributed by atoms with Gasteiger partial charge in [-0.25, -0.2) is 0 Å². The smallest absolute Gasteiger partial charge is 0.308 e. The van der Waals surface area contributed by atoms with Gasteiger partial charge in [0.05, 0.1) is 6.42 Å². The third-order valence-corrected chi connectivity index (χ3v) is 7.69. The number of carbonyl (C=O) groups excluding carboxylic acids is 3. The van der Waals surface area contributed by atoms with E-state index < -0.39 is 17.2 Å². The van der Waals surface area contributed by atoms with E-state index in [1.54, 1.807) is 4.90 Å². The number of hydrogen-bond donors (Lipinski definition) is 1. The molecule has 2 aliphatic rings. The molecular formula is C31H49N3O4. The van der Waals surface area contributed by atoms with E-state index in [1.165, 1.54) is 24.8 Å². The Kier molecular flexibility index (Phi) is 10.8. The van der Waals surface area contributed by atoms with Crippen molar-refractivity contribution in [1.82, 2.24) is 15.1 Å². The van der Waals surface area contributed by atoms with E-state index in [-0.39, 0.29) is 36.7 Å². The molecule has 1 N–H and O–H groups in total. The summed E-state index contributed by atoms with van der Waals surface area (Å²) in [7, 11) is 0. The summed E-state index contributed by atoms with van der Waals surface area (Å²) in [5.74, 6) is -0.182. The van der Waals surface area contributed by atoms with Gasteiger partial charge in [-0.2, -0.15) is 0 Å². The maximum Gasteiger partial charge on any atom is 0.308 e.